The highest BCUT2D eigenvalue weighted by Crippen LogP contribution is 2.31. The van der Waals surface area contributed by atoms with Gasteiger partial charge in [0.2, 0.25) is 0 Å². The number of rotatable bonds is 3. The Balaban J connectivity index is 1.84. The highest BCUT2D eigenvalue weighted by atomic mass is 16.5. The van der Waals surface area contributed by atoms with Gasteiger partial charge in [-0.05, 0) is 32.2 Å². The van der Waals surface area contributed by atoms with Crippen LogP contribution in [0, 0.1) is 11.3 Å². The van der Waals surface area contributed by atoms with Crippen LogP contribution in [0.3, 0.4) is 0 Å². The van der Waals surface area contributed by atoms with Crippen molar-refractivity contribution in [3.8, 4) is 0 Å². The van der Waals surface area contributed by atoms with Crippen LogP contribution in [0.4, 0.5) is 0 Å². The molecule has 2 heterocycles. The second-order valence-corrected chi connectivity index (χ2v) is 5.08. The molecule has 0 aromatic rings. The van der Waals surface area contributed by atoms with Gasteiger partial charge < -0.3 is 14.7 Å². The molecule has 0 amide bonds. The Morgan fingerprint density at radius 3 is 3.00 bits per heavy atom. The van der Waals surface area contributed by atoms with Crippen LogP contribution in [0.25, 0.3) is 0 Å². The first-order chi connectivity index (χ1) is 7.10. The average molecular weight is 213 g/mol. The van der Waals surface area contributed by atoms with Crippen LogP contribution in [0.15, 0.2) is 0 Å². The van der Waals surface area contributed by atoms with E-state index in [1.165, 1.54) is 0 Å². The maximum atomic E-state index is 11.1. The van der Waals surface area contributed by atoms with E-state index in [1.54, 1.807) is 0 Å². The second-order valence-electron chi connectivity index (χ2n) is 5.08. The molecule has 2 rings (SSSR count). The highest BCUT2D eigenvalue weighted by Gasteiger charge is 2.40. The van der Waals surface area contributed by atoms with Gasteiger partial charge in [-0.2, -0.15) is 0 Å². The van der Waals surface area contributed by atoms with Crippen molar-refractivity contribution in [2.75, 3.05) is 32.8 Å². The molecule has 2 saturated heterocycles. The third-order valence-corrected chi connectivity index (χ3v) is 3.61. The van der Waals surface area contributed by atoms with Crippen LogP contribution >= 0.6 is 0 Å². The SMILES string of the molecule is CC1(C(=O)O)CCN(CC2CCOC2)C1. The molecule has 2 aliphatic heterocycles. The zero-order chi connectivity index (χ0) is 10.9. The highest BCUT2D eigenvalue weighted by molar-refractivity contribution is 5.74. The predicted molar refractivity (Wildman–Crippen MR) is 55.7 cm³/mol. The minimum Gasteiger partial charge on any atom is -0.481 e. The van der Waals surface area contributed by atoms with E-state index >= 15 is 0 Å². The molecule has 86 valence electrons. The molecular formula is C11H19NO3. The molecule has 0 bridgehead atoms. The Hall–Kier alpha value is -0.610. The topological polar surface area (TPSA) is 49.8 Å². The first-order valence-corrected chi connectivity index (χ1v) is 5.64. The first-order valence-electron chi connectivity index (χ1n) is 5.64. The third kappa shape index (κ3) is 2.32. The number of hydrogen-bond donors (Lipinski definition) is 1. The van der Waals surface area contributed by atoms with Crippen molar-refractivity contribution in [2.24, 2.45) is 11.3 Å². The number of aliphatic carboxylic acids is 1. The van der Waals surface area contributed by atoms with Gasteiger partial charge in [-0.1, -0.05) is 0 Å². The van der Waals surface area contributed by atoms with Crippen LogP contribution in [-0.4, -0.2) is 48.8 Å². The van der Waals surface area contributed by atoms with Crippen molar-refractivity contribution >= 4 is 5.97 Å². The average Bonchev–Trinajstić information content (AvgIpc) is 2.77. The van der Waals surface area contributed by atoms with E-state index in [4.69, 9.17) is 9.84 Å². The number of carboxylic acid groups (broad SMARTS) is 1. The number of nitrogens with zero attached hydrogens (tertiary/aromatic N) is 1. The lowest BCUT2D eigenvalue weighted by Crippen LogP contribution is -2.34. The summed E-state index contributed by atoms with van der Waals surface area (Å²) in [7, 11) is 0. The number of likely N-dealkylation sites (tertiary alicyclic amines) is 1. The van der Waals surface area contributed by atoms with E-state index in [0.717, 1.165) is 39.1 Å². The van der Waals surface area contributed by atoms with Gasteiger partial charge in [0.05, 0.1) is 12.0 Å². The summed E-state index contributed by atoms with van der Waals surface area (Å²) >= 11 is 0. The molecule has 4 nitrogen and oxygen atoms in total. The fourth-order valence-electron chi connectivity index (χ4n) is 2.48. The van der Waals surface area contributed by atoms with Gasteiger partial charge in [0.15, 0.2) is 0 Å². The Labute approximate surface area is 90.2 Å². The fraction of sp³-hybridized carbons (Fsp3) is 0.909. The summed E-state index contributed by atoms with van der Waals surface area (Å²) in [5, 5.41) is 9.10. The normalized spacial score (nSPS) is 37.3. The summed E-state index contributed by atoms with van der Waals surface area (Å²) in [4.78, 5) is 13.3. The number of carboxylic acids is 1. The Morgan fingerprint density at radius 2 is 2.47 bits per heavy atom. The van der Waals surface area contributed by atoms with Crippen molar-refractivity contribution < 1.29 is 14.6 Å². The summed E-state index contributed by atoms with van der Waals surface area (Å²) in [5.41, 5.74) is -0.528. The largest absolute Gasteiger partial charge is 0.481 e. The molecule has 2 atom stereocenters. The standard InChI is InChI=1S/C11H19NO3/c1-11(10(13)14)3-4-12(8-11)6-9-2-5-15-7-9/h9H,2-8H2,1H3,(H,13,14). The molecule has 0 aromatic carbocycles. The van der Waals surface area contributed by atoms with Crippen molar-refractivity contribution in [3.63, 3.8) is 0 Å². The monoisotopic (exact) mass is 213 g/mol. The fourth-order valence-corrected chi connectivity index (χ4v) is 2.48. The molecule has 0 radical (unpaired) electrons. The Morgan fingerprint density at radius 1 is 1.67 bits per heavy atom. The number of ether oxygens (including phenoxy) is 1. The quantitative estimate of drug-likeness (QED) is 0.754. The molecule has 0 spiro atoms. The van der Waals surface area contributed by atoms with E-state index in [-0.39, 0.29) is 0 Å². The van der Waals surface area contributed by atoms with E-state index in [2.05, 4.69) is 4.90 Å². The molecule has 15 heavy (non-hydrogen) atoms. The molecule has 0 aromatic heterocycles. The van der Waals surface area contributed by atoms with Gasteiger partial charge in [-0.15, -0.1) is 0 Å². The number of hydrogen-bond acceptors (Lipinski definition) is 3. The molecule has 2 unspecified atom stereocenters. The molecule has 4 heteroatoms. The van der Waals surface area contributed by atoms with Gasteiger partial charge >= 0.3 is 5.97 Å². The summed E-state index contributed by atoms with van der Waals surface area (Å²) < 4.78 is 5.32. The van der Waals surface area contributed by atoms with Crippen LogP contribution in [-0.2, 0) is 9.53 Å². The van der Waals surface area contributed by atoms with Crippen molar-refractivity contribution in [2.45, 2.75) is 19.8 Å². The molecule has 0 aliphatic carbocycles. The maximum Gasteiger partial charge on any atom is 0.310 e. The van der Waals surface area contributed by atoms with Crippen LogP contribution in [0.5, 0.6) is 0 Å². The van der Waals surface area contributed by atoms with Crippen molar-refractivity contribution in [1.29, 1.82) is 0 Å². The minimum atomic E-state index is -0.660. The predicted octanol–water partition coefficient (Wildman–Crippen LogP) is 0.820. The lowest BCUT2D eigenvalue weighted by Gasteiger charge is -2.22. The summed E-state index contributed by atoms with van der Waals surface area (Å²) in [6.07, 6.45) is 1.90. The summed E-state index contributed by atoms with van der Waals surface area (Å²) in [5.74, 6) is -0.0474. The first kappa shape index (κ1) is 10.9. The number of carbonyl (C=O) groups is 1. The zero-order valence-electron chi connectivity index (χ0n) is 9.24. The zero-order valence-corrected chi connectivity index (χ0v) is 9.24. The van der Waals surface area contributed by atoms with E-state index in [9.17, 15) is 4.79 Å². The van der Waals surface area contributed by atoms with Gasteiger partial charge in [0, 0.05) is 19.7 Å². The van der Waals surface area contributed by atoms with Gasteiger partial charge in [-0.25, -0.2) is 0 Å². The Kier molecular flexibility index (Phi) is 2.98. The lowest BCUT2D eigenvalue weighted by atomic mass is 9.90. The Bertz CT molecular complexity index is 250. The van der Waals surface area contributed by atoms with Crippen LogP contribution in [0.1, 0.15) is 19.8 Å². The molecular weight excluding hydrogens is 194 g/mol. The van der Waals surface area contributed by atoms with Crippen molar-refractivity contribution in [3.05, 3.63) is 0 Å². The maximum absolute atomic E-state index is 11.1. The molecule has 1 N–H and O–H groups in total. The lowest BCUT2D eigenvalue weighted by molar-refractivity contribution is -0.147. The van der Waals surface area contributed by atoms with E-state index < -0.39 is 11.4 Å². The van der Waals surface area contributed by atoms with Gasteiger partial charge in [0.1, 0.15) is 0 Å². The van der Waals surface area contributed by atoms with Gasteiger partial charge in [0.25, 0.3) is 0 Å². The van der Waals surface area contributed by atoms with E-state index in [1.807, 2.05) is 6.92 Å². The second kappa shape index (κ2) is 4.10. The third-order valence-electron chi connectivity index (χ3n) is 3.61. The van der Waals surface area contributed by atoms with Crippen LogP contribution in [0.2, 0.25) is 0 Å². The minimum absolute atomic E-state index is 0.528. The smallest absolute Gasteiger partial charge is 0.310 e. The molecule has 2 fully saturated rings. The molecule has 0 saturated carbocycles. The summed E-state index contributed by atoms with van der Waals surface area (Å²) in [6.45, 7) is 6.18. The van der Waals surface area contributed by atoms with Crippen LogP contribution < -0.4 is 0 Å². The summed E-state index contributed by atoms with van der Waals surface area (Å²) in [6, 6.07) is 0. The van der Waals surface area contributed by atoms with Crippen molar-refractivity contribution in [1.82, 2.24) is 4.90 Å². The van der Waals surface area contributed by atoms with E-state index in [0.29, 0.717) is 12.5 Å². The molecule has 2 aliphatic rings. The van der Waals surface area contributed by atoms with Gasteiger partial charge in [-0.3, -0.25) is 4.79 Å².